The smallest absolute Gasteiger partial charge is 0.0797 e. The minimum Gasteiger partial charge on any atom is -0.319 e. The highest BCUT2D eigenvalue weighted by atomic mass is 35.5. The molecule has 2 aromatic heterocycles. The van der Waals surface area contributed by atoms with E-state index in [0.29, 0.717) is 5.02 Å². The summed E-state index contributed by atoms with van der Waals surface area (Å²) in [6.45, 7) is 0. The van der Waals surface area contributed by atoms with Crippen LogP contribution in [0.3, 0.4) is 0 Å². The van der Waals surface area contributed by atoms with Crippen molar-refractivity contribution >= 4 is 11.6 Å². The van der Waals surface area contributed by atoms with E-state index in [1.165, 1.54) is 0 Å². The summed E-state index contributed by atoms with van der Waals surface area (Å²) in [6.07, 6.45) is 4.85. The van der Waals surface area contributed by atoms with Crippen LogP contribution in [0.1, 0.15) is 17.3 Å². The summed E-state index contributed by atoms with van der Waals surface area (Å²) in [5.74, 6) is 0. The SMILES string of the molecule is Cn1nncc1C(N)c1ccncc1Cl. The van der Waals surface area contributed by atoms with E-state index in [2.05, 4.69) is 15.3 Å². The van der Waals surface area contributed by atoms with E-state index < -0.39 is 0 Å². The quantitative estimate of drug-likeness (QED) is 0.822. The number of rotatable bonds is 2. The van der Waals surface area contributed by atoms with Gasteiger partial charge < -0.3 is 5.73 Å². The van der Waals surface area contributed by atoms with Gasteiger partial charge in [-0.1, -0.05) is 16.8 Å². The maximum absolute atomic E-state index is 6.05. The number of nitrogens with zero attached hydrogens (tertiary/aromatic N) is 4. The van der Waals surface area contributed by atoms with Crippen molar-refractivity contribution in [2.75, 3.05) is 0 Å². The van der Waals surface area contributed by atoms with Crippen molar-refractivity contribution in [3.05, 3.63) is 40.9 Å². The molecule has 0 aliphatic rings. The summed E-state index contributed by atoms with van der Waals surface area (Å²) < 4.78 is 1.63. The molecule has 1 atom stereocenters. The Morgan fingerprint density at radius 2 is 2.27 bits per heavy atom. The van der Waals surface area contributed by atoms with Crippen LogP contribution < -0.4 is 5.73 Å². The highest BCUT2D eigenvalue weighted by Crippen LogP contribution is 2.24. The van der Waals surface area contributed by atoms with Crippen molar-refractivity contribution in [2.24, 2.45) is 12.8 Å². The number of pyridine rings is 1. The minimum atomic E-state index is -0.333. The van der Waals surface area contributed by atoms with Gasteiger partial charge in [0.1, 0.15) is 0 Å². The molecule has 0 aromatic carbocycles. The average Bonchev–Trinajstić information content (AvgIpc) is 2.64. The minimum absolute atomic E-state index is 0.333. The van der Waals surface area contributed by atoms with Gasteiger partial charge in [-0.25, -0.2) is 0 Å². The summed E-state index contributed by atoms with van der Waals surface area (Å²) >= 11 is 6.00. The molecule has 5 nitrogen and oxygen atoms in total. The fraction of sp³-hybridized carbons (Fsp3) is 0.222. The Labute approximate surface area is 91.9 Å². The van der Waals surface area contributed by atoms with Gasteiger partial charge in [0.05, 0.1) is 23.0 Å². The Hall–Kier alpha value is -1.46. The topological polar surface area (TPSA) is 69.6 Å². The molecule has 0 saturated carbocycles. The van der Waals surface area contributed by atoms with Crippen LogP contribution in [0.15, 0.2) is 24.7 Å². The molecule has 2 N–H and O–H groups in total. The van der Waals surface area contributed by atoms with Crippen LogP contribution in [-0.2, 0) is 7.05 Å². The third kappa shape index (κ3) is 1.84. The number of halogens is 1. The maximum Gasteiger partial charge on any atom is 0.0797 e. The lowest BCUT2D eigenvalue weighted by Gasteiger charge is -2.12. The standard InChI is InChI=1S/C9H10ClN5/c1-15-8(5-13-14-15)9(11)6-2-3-12-4-7(6)10/h2-5,9H,11H2,1H3. The Bertz CT molecular complexity index is 467. The number of nitrogens with two attached hydrogens (primary N) is 1. The van der Waals surface area contributed by atoms with E-state index in [-0.39, 0.29) is 6.04 Å². The molecular formula is C9H10ClN5. The molecule has 0 bridgehead atoms. The van der Waals surface area contributed by atoms with E-state index >= 15 is 0 Å². The summed E-state index contributed by atoms with van der Waals surface area (Å²) in [5, 5.41) is 8.14. The van der Waals surface area contributed by atoms with Gasteiger partial charge in [-0.05, 0) is 11.6 Å². The lowest BCUT2D eigenvalue weighted by atomic mass is 10.1. The number of aryl methyl sites for hydroxylation is 1. The first-order valence-electron chi connectivity index (χ1n) is 4.39. The largest absolute Gasteiger partial charge is 0.319 e. The van der Waals surface area contributed by atoms with Crippen molar-refractivity contribution in [1.82, 2.24) is 20.0 Å². The van der Waals surface area contributed by atoms with Crippen LogP contribution in [0.2, 0.25) is 5.02 Å². The summed E-state index contributed by atoms with van der Waals surface area (Å²) in [6, 6.07) is 1.46. The highest BCUT2D eigenvalue weighted by Gasteiger charge is 2.15. The first-order valence-corrected chi connectivity index (χ1v) is 4.77. The normalized spacial score (nSPS) is 12.7. The molecule has 2 heterocycles. The van der Waals surface area contributed by atoms with Gasteiger partial charge in [0, 0.05) is 19.4 Å². The fourth-order valence-corrected chi connectivity index (χ4v) is 1.61. The second-order valence-corrected chi connectivity index (χ2v) is 3.56. The Morgan fingerprint density at radius 1 is 1.47 bits per heavy atom. The van der Waals surface area contributed by atoms with Crippen LogP contribution in [0.4, 0.5) is 0 Å². The Balaban J connectivity index is 2.41. The highest BCUT2D eigenvalue weighted by molar-refractivity contribution is 6.31. The van der Waals surface area contributed by atoms with Gasteiger partial charge in [-0.2, -0.15) is 0 Å². The third-order valence-corrected chi connectivity index (χ3v) is 2.52. The second-order valence-electron chi connectivity index (χ2n) is 3.16. The van der Waals surface area contributed by atoms with E-state index in [0.717, 1.165) is 11.3 Å². The molecule has 0 aliphatic heterocycles. The van der Waals surface area contributed by atoms with Crippen LogP contribution in [0.25, 0.3) is 0 Å². The molecule has 6 heteroatoms. The Morgan fingerprint density at radius 3 is 2.87 bits per heavy atom. The molecular weight excluding hydrogens is 214 g/mol. The first kappa shape index (κ1) is 10.1. The van der Waals surface area contributed by atoms with Crippen molar-refractivity contribution < 1.29 is 0 Å². The molecule has 0 aliphatic carbocycles. The molecule has 0 fully saturated rings. The Kier molecular flexibility index (Phi) is 2.66. The number of hydrogen-bond acceptors (Lipinski definition) is 4. The fourth-order valence-electron chi connectivity index (χ4n) is 1.38. The van der Waals surface area contributed by atoms with Gasteiger partial charge in [0.25, 0.3) is 0 Å². The van der Waals surface area contributed by atoms with Gasteiger partial charge >= 0.3 is 0 Å². The lowest BCUT2D eigenvalue weighted by molar-refractivity contribution is 0.651. The molecule has 0 spiro atoms. The van der Waals surface area contributed by atoms with Gasteiger partial charge in [-0.15, -0.1) is 5.10 Å². The van der Waals surface area contributed by atoms with Crippen LogP contribution in [0, 0.1) is 0 Å². The summed E-state index contributed by atoms with van der Waals surface area (Å²) in [5.41, 5.74) is 7.67. The zero-order chi connectivity index (χ0) is 10.8. The number of hydrogen-bond donors (Lipinski definition) is 1. The predicted octanol–water partition coefficient (Wildman–Crippen LogP) is 0.912. The second kappa shape index (κ2) is 3.96. The van der Waals surface area contributed by atoms with E-state index in [1.807, 2.05) is 0 Å². The van der Waals surface area contributed by atoms with Crippen molar-refractivity contribution in [1.29, 1.82) is 0 Å². The van der Waals surface area contributed by atoms with Crippen LogP contribution in [-0.4, -0.2) is 20.0 Å². The monoisotopic (exact) mass is 223 g/mol. The zero-order valence-corrected chi connectivity index (χ0v) is 8.89. The van der Waals surface area contributed by atoms with Crippen molar-refractivity contribution in [3.63, 3.8) is 0 Å². The molecule has 1 unspecified atom stereocenters. The molecule has 2 aromatic rings. The van der Waals surface area contributed by atoms with E-state index in [1.54, 1.807) is 36.4 Å². The van der Waals surface area contributed by atoms with Crippen LogP contribution in [0.5, 0.6) is 0 Å². The predicted molar refractivity (Wildman–Crippen MR) is 56.3 cm³/mol. The molecule has 0 radical (unpaired) electrons. The third-order valence-electron chi connectivity index (χ3n) is 2.21. The number of aromatic nitrogens is 4. The molecule has 78 valence electrons. The molecule has 15 heavy (non-hydrogen) atoms. The van der Waals surface area contributed by atoms with E-state index in [9.17, 15) is 0 Å². The van der Waals surface area contributed by atoms with E-state index in [4.69, 9.17) is 17.3 Å². The van der Waals surface area contributed by atoms with Gasteiger partial charge in [-0.3, -0.25) is 9.67 Å². The lowest BCUT2D eigenvalue weighted by Crippen LogP contribution is -2.16. The molecule has 0 amide bonds. The van der Waals surface area contributed by atoms with Gasteiger partial charge in [0.2, 0.25) is 0 Å². The summed E-state index contributed by atoms with van der Waals surface area (Å²) in [4.78, 5) is 3.91. The maximum atomic E-state index is 6.05. The molecule has 2 rings (SSSR count). The van der Waals surface area contributed by atoms with Gasteiger partial charge in [0.15, 0.2) is 0 Å². The zero-order valence-electron chi connectivity index (χ0n) is 8.13. The molecule has 0 saturated heterocycles. The van der Waals surface area contributed by atoms with Crippen molar-refractivity contribution in [2.45, 2.75) is 6.04 Å². The first-order chi connectivity index (χ1) is 7.20. The van der Waals surface area contributed by atoms with Crippen molar-refractivity contribution in [3.8, 4) is 0 Å². The average molecular weight is 224 g/mol. The summed E-state index contributed by atoms with van der Waals surface area (Å²) in [7, 11) is 1.79. The van der Waals surface area contributed by atoms with Crippen LogP contribution >= 0.6 is 11.6 Å².